The van der Waals surface area contributed by atoms with E-state index in [-0.39, 0.29) is 5.56 Å². The van der Waals surface area contributed by atoms with E-state index in [2.05, 4.69) is 23.1 Å². The summed E-state index contributed by atoms with van der Waals surface area (Å²) in [5, 5.41) is 5.44. The van der Waals surface area contributed by atoms with Crippen LogP contribution in [0.4, 0.5) is 0 Å². The number of piperidine rings is 1. The Balaban J connectivity index is 1.54. The van der Waals surface area contributed by atoms with E-state index >= 15 is 0 Å². The van der Waals surface area contributed by atoms with Gasteiger partial charge in [0.2, 0.25) is 0 Å². The Morgan fingerprint density at radius 1 is 1.00 bits per heavy atom. The van der Waals surface area contributed by atoms with Crippen molar-refractivity contribution in [2.45, 2.75) is 18.8 Å². The fourth-order valence-electron chi connectivity index (χ4n) is 4.16. The SMILES string of the molecule is CN1CCC(c2ccc3nc(-c4ccc5nn(C)cc5c4)cc(=O)n3c2)CC1. The lowest BCUT2D eigenvalue weighted by Gasteiger charge is -2.29. The molecule has 1 aromatic carbocycles. The molecule has 0 N–H and O–H groups in total. The first-order valence-corrected chi connectivity index (χ1v) is 9.72. The van der Waals surface area contributed by atoms with Crippen LogP contribution in [-0.2, 0) is 7.05 Å². The molecular formula is C22H23N5O. The Hall–Kier alpha value is -2.99. The Morgan fingerprint density at radius 3 is 2.64 bits per heavy atom. The van der Waals surface area contributed by atoms with E-state index in [1.54, 1.807) is 15.1 Å². The number of hydrogen-bond acceptors (Lipinski definition) is 4. The first-order chi connectivity index (χ1) is 13.6. The number of benzene rings is 1. The molecule has 1 aliphatic rings. The number of hydrogen-bond donors (Lipinski definition) is 0. The molecule has 0 unspecified atom stereocenters. The van der Waals surface area contributed by atoms with Crippen LogP contribution in [0.3, 0.4) is 0 Å². The molecule has 4 heterocycles. The van der Waals surface area contributed by atoms with Crippen LogP contribution in [0.1, 0.15) is 24.3 Å². The van der Waals surface area contributed by atoms with Gasteiger partial charge in [0.25, 0.3) is 5.56 Å². The summed E-state index contributed by atoms with van der Waals surface area (Å²) in [6.45, 7) is 2.21. The molecule has 1 saturated heterocycles. The maximum Gasteiger partial charge on any atom is 0.258 e. The van der Waals surface area contributed by atoms with Crippen LogP contribution < -0.4 is 5.56 Å². The number of likely N-dealkylation sites (tertiary alicyclic amines) is 1. The number of aromatic nitrogens is 4. The second-order valence-electron chi connectivity index (χ2n) is 7.82. The van der Waals surface area contributed by atoms with Crippen LogP contribution in [0.25, 0.3) is 27.8 Å². The van der Waals surface area contributed by atoms with Crippen LogP contribution in [-0.4, -0.2) is 44.2 Å². The zero-order chi connectivity index (χ0) is 19.3. The summed E-state index contributed by atoms with van der Waals surface area (Å²) in [7, 11) is 4.07. The number of pyridine rings is 1. The fourth-order valence-corrected chi connectivity index (χ4v) is 4.16. The lowest BCUT2D eigenvalue weighted by molar-refractivity contribution is 0.255. The summed E-state index contributed by atoms with van der Waals surface area (Å²) >= 11 is 0. The summed E-state index contributed by atoms with van der Waals surface area (Å²) in [5.41, 5.74) is 4.44. The molecule has 4 aromatic rings. The van der Waals surface area contributed by atoms with Crippen LogP contribution >= 0.6 is 0 Å². The molecule has 0 bridgehead atoms. The highest BCUT2D eigenvalue weighted by Crippen LogP contribution is 2.28. The standard InChI is InChI=1S/C22H23N5O/c1-25-9-7-15(8-10-25)17-4-6-21-23-20(12-22(28)27(21)14-17)16-3-5-19-18(11-16)13-26(2)24-19/h3-6,11-15H,7-10H2,1-2H3. The number of nitrogens with zero attached hydrogens (tertiary/aromatic N) is 5. The largest absolute Gasteiger partial charge is 0.306 e. The maximum atomic E-state index is 12.8. The minimum Gasteiger partial charge on any atom is -0.306 e. The monoisotopic (exact) mass is 373 g/mol. The van der Waals surface area contributed by atoms with Crippen molar-refractivity contribution in [2.75, 3.05) is 20.1 Å². The molecule has 6 nitrogen and oxygen atoms in total. The minimum absolute atomic E-state index is 0.0407. The van der Waals surface area contributed by atoms with Crippen molar-refractivity contribution in [1.29, 1.82) is 0 Å². The molecule has 0 spiro atoms. The molecule has 0 radical (unpaired) electrons. The van der Waals surface area contributed by atoms with E-state index in [9.17, 15) is 4.79 Å². The summed E-state index contributed by atoms with van der Waals surface area (Å²) in [6, 6.07) is 11.7. The first kappa shape index (κ1) is 17.1. The number of aryl methyl sites for hydroxylation is 1. The molecule has 5 rings (SSSR count). The normalized spacial score (nSPS) is 16.2. The van der Waals surface area contributed by atoms with Crippen LogP contribution in [0.5, 0.6) is 0 Å². The average molecular weight is 373 g/mol. The van der Waals surface area contributed by atoms with E-state index in [0.717, 1.165) is 42.4 Å². The maximum absolute atomic E-state index is 12.8. The van der Waals surface area contributed by atoms with E-state index < -0.39 is 0 Å². The second kappa shape index (κ2) is 6.56. The fraction of sp³-hybridized carbons (Fsp3) is 0.318. The van der Waals surface area contributed by atoms with Crippen molar-refractivity contribution in [1.82, 2.24) is 24.1 Å². The molecule has 0 aliphatic carbocycles. The zero-order valence-electron chi connectivity index (χ0n) is 16.2. The van der Waals surface area contributed by atoms with Gasteiger partial charge in [0.1, 0.15) is 5.65 Å². The predicted molar refractivity (Wildman–Crippen MR) is 111 cm³/mol. The van der Waals surface area contributed by atoms with E-state index in [1.807, 2.05) is 43.7 Å². The lowest BCUT2D eigenvalue weighted by atomic mass is 9.91. The van der Waals surface area contributed by atoms with Gasteiger partial charge in [-0.05, 0) is 62.7 Å². The van der Waals surface area contributed by atoms with Crippen molar-refractivity contribution < 1.29 is 0 Å². The highest BCUT2D eigenvalue weighted by molar-refractivity contribution is 5.83. The quantitative estimate of drug-likeness (QED) is 0.542. The van der Waals surface area contributed by atoms with Gasteiger partial charge in [0.05, 0.1) is 11.2 Å². The van der Waals surface area contributed by atoms with Crippen molar-refractivity contribution in [3.05, 3.63) is 64.7 Å². The van der Waals surface area contributed by atoms with Gasteiger partial charge in [-0.25, -0.2) is 4.98 Å². The van der Waals surface area contributed by atoms with E-state index in [4.69, 9.17) is 4.98 Å². The van der Waals surface area contributed by atoms with Gasteiger partial charge >= 0.3 is 0 Å². The van der Waals surface area contributed by atoms with Crippen LogP contribution in [0.2, 0.25) is 0 Å². The highest BCUT2D eigenvalue weighted by atomic mass is 16.1. The van der Waals surface area contributed by atoms with E-state index in [1.165, 1.54) is 5.56 Å². The molecular weight excluding hydrogens is 350 g/mol. The summed E-state index contributed by atoms with van der Waals surface area (Å²) in [6.07, 6.45) is 6.22. The van der Waals surface area contributed by atoms with Gasteiger partial charge in [0, 0.05) is 36.5 Å². The molecule has 28 heavy (non-hydrogen) atoms. The number of rotatable bonds is 2. The molecule has 142 valence electrons. The molecule has 1 fully saturated rings. The average Bonchev–Trinajstić information content (AvgIpc) is 3.07. The lowest BCUT2D eigenvalue weighted by Crippen LogP contribution is -2.29. The number of fused-ring (bicyclic) bond motifs is 2. The third kappa shape index (κ3) is 2.99. The molecule has 6 heteroatoms. The summed E-state index contributed by atoms with van der Waals surface area (Å²) < 4.78 is 3.47. The van der Waals surface area contributed by atoms with Gasteiger partial charge in [-0.1, -0.05) is 12.1 Å². The van der Waals surface area contributed by atoms with Gasteiger partial charge in [-0.3, -0.25) is 13.9 Å². The van der Waals surface area contributed by atoms with E-state index in [0.29, 0.717) is 17.3 Å². The predicted octanol–water partition coefficient (Wildman–Crippen LogP) is 3.06. The van der Waals surface area contributed by atoms with Gasteiger partial charge in [-0.15, -0.1) is 0 Å². The summed E-state index contributed by atoms with van der Waals surface area (Å²) in [4.78, 5) is 19.9. The van der Waals surface area contributed by atoms with Gasteiger partial charge in [0.15, 0.2) is 0 Å². The Morgan fingerprint density at radius 2 is 1.82 bits per heavy atom. The van der Waals surface area contributed by atoms with Crippen molar-refractivity contribution in [2.24, 2.45) is 7.05 Å². The third-order valence-corrected chi connectivity index (χ3v) is 5.79. The second-order valence-corrected chi connectivity index (χ2v) is 7.82. The van der Waals surface area contributed by atoms with Gasteiger partial charge < -0.3 is 4.90 Å². The minimum atomic E-state index is -0.0407. The van der Waals surface area contributed by atoms with Crippen molar-refractivity contribution in [3.8, 4) is 11.3 Å². The Bertz CT molecular complexity index is 1230. The summed E-state index contributed by atoms with van der Waals surface area (Å²) in [5.74, 6) is 0.514. The molecule has 3 aromatic heterocycles. The molecule has 0 amide bonds. The van der Waals surface area contributed by atoms with Crippen molar-refractivity contribution >= 4 is 16.6 Å². The Kier molecular flexibility index (Phi) is 4.02. The molecule has 0 atom stereocenters. The topological polar surface area (TPSA) is 55.4 Å². The highest BCUT2D eigenvalue weighted by Gasteiger charge is 2.19. The van der Waals surface area contributed by atoms with Gasteiger partial charge in [-0.2, -0.15) is 5.10 Å². The smallest absolute Gasteiger partial charge is 0.258 e. The van der Waals surface area contributed by atoms with Crippen molar-refractivity contribution in [3.63, 3.8) is 0 Å². The Labute approximate surface area is 163 Å². The zero-order valence-corrected chi connectivity index (χ0v) is 16.2. The van der Waals surface area contributed by atoms with Crippen LogP contribution in [0, 0.1) is 0 Å². The molecule has 0 saturated carbocycles. The first-order valence-electron chi connectivity index (χ1n) is 9.72. The van der Waals surface area contributed by atoms with Crippen LogP contribution in [0.15, 0.2) is 53.6 Å². The molecule has 1 aliphatic heterocycles. The third-order valence-electron chi connectivity index (χ3n) is 5.79.